The van der Waals surface area contributed by atoms with Crippen molar-refractivity contribution in [2.24, 2.45) is 0 Å². The van der Waals surface area contributed by atoms with Crippen LogP contribution in [-0.2, 0) is 25.5 Å². The van der Waals surface area contributed by atoms with Crippen molar-refractivity contribution in [2.45, 2.75) is 78.9 Å². The molecule has 0 N–H and O–H groups in total. The van der Waals surface area contributed by atoms with Gasteiger partial charge in [-0.15, -0.1) is 0 Å². The summed E-state index contributed by atoms with van der Waals surface area (Å²) in [5.74, 6) is 2.12. The van der Waals surface area contributed by atoms with E-state index in [1.807, 2.05) is 107 Å². The molecular formula is C44H50O8. The monoisotopic (exact) mass is 706 g/mol. The minimum Gasteiger partial charge on any atom is -0.490 e. The van der Waals surface area contributed by atoms with Gasteiger partial charge in [0.15, 0.2) is 12.2 Å². The van der Waals surface area contributed by atoms with Crippen LogP contribution in [0.2, 0.25) is 0 Å². The van der Waals surface area contributed by atoms with Crippen LogP contribution < -0.4 is 18.9 Å². The number of benzene rings is 5. The molecular weight excluding hydrogens is 656 g/mol. The lowest BCUT2D eigenvalue weighted by molar-refractivity contribution is -0.153. The Morgan fingerprint density at radius 2 is 0.981 bits per heavy atom. The number of aryl methyl sites for hydroxylation is 3. The summed E-state index contributed by atoms with van der Waals surface area (Å²) in [4.78, 5) is 25.3. The number of carbonyl (C=O) groups is 2. The van der Waals surface area contributed by atoms with Gasteiger partial charge >= 0.3 is 11.9 Å². The molecule has 0 bridgehead atoms. The molecule has 0 saturated carbocycles. The number of carbonyl (C=O) groups excluding carboxylic acids is 2. The number of ether oxygens (including phenoxy) is 6. The van der Waals surface area contributed by atoms with Gasteiger partial charge in [0, 0.05) is 34.4 Å². The van der Waals surface area contributed by atoms with Crippen LogP contribution >= 0.6 is 0 Å². The van der Waals surface area contributed by atoms with Gasteiger partial charge in [-0.05, 0) is 80.1 Å². The van der Waals surface area contributed by atoms with E-state index in [1.165, 1.54) is 0 Å². The summed E-state index contributed by atoms with van der Waals surface area (Å²) in [7, 11) is 0. The first kappa shape index (κ1) is 38.0. The molecule has 0 spiro atoms. The summed E-state index contributed by atoms with van der Waals surface area (Å²) in [5, 5.41) is 3.39. The lowest BCUT2D eigenvalue weighted by Crippen LogP contribution is -2.31. The van der Waals surface area contributed by atoms with Gasteiger partial charge in [0.05, 0.1) is 0 Å². The normalized spacial score (nSPS) is 12.2. The second-order valence-corrected chi connectivity index (χ2v) is 13.0. The van der Waals surface area contributed by atoms with Crippen molar-refractivity contribution in [3.63, 3.8) is 0 Å². The number of fused-ring (bicyclic) bond motifs is 2. The molecule has 0 aromatic heterocycles. The van der Waals surface area contributed by atoms with Crippen LogP contribution in [-0.4, -0.2) is 50.6 Å². The van der Waals surface area contributed by atoms with E-state index in [-0.39, 0.29) is 38.4 Å². The van der Waals surface area contributed by atoms with Gasteiger partial charge in [-0.3, -0.25) is 9.59 Å². The molecule has 0 aliphatic rings. The van der Waals surface area contributed by atoms with E-state index in [9.17, 15) is 9.59 Å². The first-order valence-electron chi connectivity index (χ1n) is 18.3. The van der Waals surface area contributed by atoms with Crippen LogP contribution in [0.3, 0.4) is 0 Å². The van der Waals surface area contributed by atoms with Crippen molar-refractivity contribution >= 4 is 33.5 Å². The third-order valence-electron chi connectivity index (χ3n) is 8.58. The highest BCUT2D eigenvalue weighted by Gasteiger charge is 2.23. The summed E-state index contributed by atoms with van der Waals surface area (Å²) in [6.45, 7) is 10.4. The standard InChI is InChI=1S/C44H50O8/c1-6-13-41(45)51-35(26-47-33-17-11-15-30(4)23-33)28-49-43-37-19-9-10-20-38(37)44(40-25-32(8-3)21-22-39(40)43)50-29-36(52-42(46)14-7-2)27-48-34-18-12-16-31(5)24-34/h9-12,15-25,35-36H,6-8,13-14,26-29H2,1-5H3. The minimum atomic E-state index is -0.648. The molecule has 5 rings (SSSR count). The Morgan fingerprint density at radius 3 is 1.44 bits per heavy atom. The van der Waals surface area contributed by atoms with Crippen LogP contribution in [0.1, 0.15) is 63.1 Å². The van der Waals surface area contributed by atoms with Gasteiger partial charge < -0.3 is 28.4 Å². The van der Waals surface area contributed by atoms with Crippen molar-refractivity contribution in [1.29, 1.82) is 0 Å². The minimum absolute atomic E-state index is 0.0852. The van der Waals surface area contributed by atoms with Gasteiger partial charge in [-0.1, -0.05) is 81.4 Å². The van der Waals surface area contributed by atoms with Crippen molar-refractivity contribution in [2.75, 3.05) is 26.4 Å². The van der Waals surface area contributed by atoms with Crippen LogP contribution in [0.25, 0.3) is 21.5 Å². The number of rotatable bonds is 19. The summed E-state index contributed by atoms with van der Waals surface area (Å²) in [6.07, 6.45) is 1.51. The SMILES string of the molecule is CCCC(=O)OC(COc1cccc(C)c1)COc1c2ccccc2c(OCC(COc2cccc(C)c2)OC(=O)CCC)c2cc(CC)ccc12. The highest BCUT2D eigenvalue weighted by Crippen LogP contribution is 2.43. The summed E-state index contributed by atoms with van der Waals surface area (Å²) in [5.41, 5.74) is 3.28. The van der Waals surface area contributed by atoms with E-state index < -0.39 is 12.2 Å². The fourth-order valence-electron chi connectivity index (χ4n) is 5.95. The van der Waals surface area contributed by atoms with Crippen LogP contribution in [0.5, 0.6) is 23.0 Å². The summed E-state index contributed by atoms with van der Waals surface area (Å²) < 4.78 is 37.1. The second-order valence-electron chi connectivity index (χ2n) is 13.0. The molecule has 2 unspecified atom stereocenters. The molecule has 5 aromatic carbocycles. The van der Waals surface area contributed by atoms with Crippen molar-refractivity contribution < 1.29 is 38.0 Å². The fraction of sp³-hybridized carbons (Fsp3) is 0.364. The molecule has 8 nitrogen and oxygen atoms in total. The second kappa shape index (κ2) is 18.8. The van der Waals surface area contributed by atoms with Gasteiger partial charge in [0.25, 0.3) is 0 Å². The molecule has 2 atom stereocenters. The average molecular weight is 707 g/mol. The predicted octanol–water partition coefficient (Wildman–Crippen LogP) is 9.51. The Bertz CT molecular complexity index is 1950. The quantitative estimate of drug-likeness (QED) is 0.0620. The molecule has 0 fully saturated rings. The Hall–Kier alpha value is -5.24. The highest BCUT2D eigenvalue weighted by atomic mass is 16.6. The zero-order chi connectivity index (χ0) is 36.9. The number of hydrogen-bond acceptors (Lipinski definition) is 8. The van der Waals surface area contributed by atoms with Crippen LogP contribution in [0, 0.1) is 13.8 Å². The molecule has 52 heavy (non-hydrogen) atoms. The van der Waals surface area contributed by atoms with E-state index in [0.717, 1.165) is 44.7 Å². The Balaban J connectivity index is 1.45. The maximum Gasteiger partial charge on any atom is 0.306 e. The lowest BCUT2D eigenvalue weighted by atomic mass is 9.98. The molecule has 0 aliphatic carbocycles. The van der Waals surface area contributed by atoms with E-state index >= 15 is 0 Å². The summed E-state index contributed by atoms with van der Waals surface area (Å²) in [6, 6.07) is 29.7. The molecule has 5 aromatic rings. The molecule has 0 aliphatic heterocycles. The largest absolute Gasteiger partial charge is 0.490 e. The first-order chi connectivity index (χ1) is 25.3. The molecule has 274 valence electrons. The third kappa shape index (κ3) is 10.4. The molecule has 0 amide bonds. The molecule has 8 heteroatoms. The van der Waals surface area contributed by atoms with Gasteiger partial charge in [0.1, 0.15) is 49.4 Å². The van der Waals surface area contributed by atoms with Gasteiger partial charge in [0.2, 0.25) is 0 Å². The smallest absolute Gasteiger partial charge is 0.306 e. The molecule has 0 heterocycles. The summed E-state index contributed by atoms with van der Waals surface area (Å²) >= 11 is 0. The Morgan fingerprint density at radius 1 is 0.519 bits per heavy atom. The first-order valence-corrected chi connectivity index (χ1v) is 18.3. The van der Waals surface area contributed by atoms with Gasteiger partial charge in [-0.25, -0.2) is 0 Å². The van der Waals surface area contributed by atoms with Gasteiger partial charge in [-0.2, -0.15) is 0 Å². The van der Waals surface area contributed by atoms with Crippen LogP contribution in [0.15, 0.2) is 91.0 Å². The molecule has 0 saturated heterocycles. The number of esters is 2. The average Bonchev–Trinajstić information content (AvgIpc) is 3.13. The third-order valence-corrected chi connectivity index (χ3v) is 8.58. The van der Waals surface area contributed by atoms with Crippen molar-refractivity contribution in [1.82, 2.24) is 0 Å². The Kier molecular flexibility index (Phi) is 13.8. The number of hydrogen-bond donors (Lipinski definition) is 0. The van der Waals surface area contributed by atoms with Crippen molar-refractivity contribution in [3.05, 3.63) is 108 Å². The topological polar surface area (TPSA) is 89.5 Å². The zero-order valence-electron chi connectivity index (χ0n) is 30.9. The molecule has 0 radical (unpaired) electrons. The fourth-order valence-corrected chi connectivity index (χ4v) is 5.95. The maximum absolute atomic E-state index is 12.7. The van der Waals surface area contributed by atoms with Crippen molar-refractivity contribution in [3.8, 4) is 23.0 Å². The van der Waals surface area contributed by atoms with E-state index in [0.29, 0.717) is 48.7 Å². The maximum atomic E-state index is 12.7. The van der Waals surface area contributed by atoms with E-state index in [1.54, 1.807) is 0 Å². The van der Waals surface area contributed by atoms with E-state index in [2.05, 4.69) is 19.1 Å². The zero-order valence-corrected chi connectivity index (χ0v) is 30.9. The van der Waals surface area contributed by atoms with E-state index in [4.69, 9.17) is 28.4 Å². The predicted molar refractivity (Wildman–Crippen MR) is 205 cm³/mol. The Labute approximate surface area is 306 Å². The highest BCUT2D eigenvalue weighted by molar-refractivity contribution is 6.11. The van der Waals surface area contributed by atoms with Crippen LogP contribution in [0.4, 0.5) is 0 Å². The lowest BCUT2D eigenvalue weighted by Gasteiger charge is -2.23.